The Morgan fingerprint density at radius 2 is 2.29 bits per heavy atom. The SMILES string of the molecule is CC(CO)C(C)NCCn1cc(C(=O)O)nn1. The van der Waals surface area contributed by atoms with Crippen LogP contribution >= 0.6 is 0 Å². The van der Waals surface area contributed by atoms with Gasteiger partial charge >= 0.3 is 5.97 Å². The molecule has 3 N–H and O–H groups in total. The van der Waals surface area contributed by atoms with Crippen LogP contribution < -0.4 is 5.32 Å². The number of aromatic carboxylic acids is 1. The summed E-state index contributed by atoms with van der Waals surface area (Å²) in [6.45, 7) is 5.28. The van der Waals surface area contributed by atoms with Crippen LogP contribution in [-0.4, -0.2) is 50.4 Å². The molecule has 7 heteroatoms. The second-order valence-electron chi connectivity index (χ2n) is 4.07. The Bertz CT molecular complexity index is 366. The van der Waals surface area contributed by atoms with Crippen molar-refractivity contribution < 1.29 is 15.0 Å². The number of nitrogens with zero attached hydrogens (tertiary/aromatic N) is 3. The average Bonchev–Trinajstić information content (AvgIpc) is 2.76. The smallest absolute Gasteiger partial charge is 0.358 e. The van der Waals surface area contributed by atoms with Crippen LogP contribution in [0.25, 0.3) is 0 Å². The lowest BCUT2D eigenvalue weighted by molar-refractivity contribution is 0.0690. The highest BCUT2D eigenvalue weighted by Crippen LogP contribution is 2.00. The molecule has 1 rings (SSSR count). The standard InChI is InChI=1S/C10H18N4O3/c1-7(6-15)8(2)11-3-4-14-5-9(10(16)17)12-13-14/h5,7-8,11,15H,3-4,6H2,1-2H3,(H,16,17). The molecule has 0 aliphatic rings. The predicted molar refractivity (Wildman–Crippen MR) is 60.7 cm³/mol. The fourth-order valence-electron chi connectivity index (χ4n) is 1.27. The first-order valence-corrected chi connectivity index (χ1v) is 5.52. The maximum Gasteiger partial charge on any atom is 0.358 e. The van der Waals surface area contributed by atoms with Gasteiger partial charge in [0.1, 0.15) is 0 Å². The van der Waals surface area contributed by atoms with E-state index in [0.717, 1.165) is 0 Å². The molecule has 0 fully saturated rings. The fraction of sp³-hybridized carbons (Fsp3) is 0.700. The Labute approximate surface area is 99.4 Å². The first-order valence-electron chi connectivity index (χ1n) is 5.52. The third kappa shape index (κ3) is 4.12. The van der Waals surface area contributed by atoms with E-state index in [2.05, 4.69) is 15.6 Å². The minimum Gasteiger partial charge on any atom is -0.476 e. The first kappa shape index (κ1) is 13.6. The summed E-state index contributed by atoms with van der Waals surface area (Å²) < 4.78 is 1.48. The van der Waals surface area contributed by atoms with E-state index in [1.807, 2.05) is 13.8 Å². The molecule has 1 aromatic heterocycles. The van der Waals surface area contributed by atoms with Crippen LogP contribution in [0.15, 0.2) is 6.20 Å². The lowest BCUT2D eigenvalue weighted by Gasteiger charge is -2.18. The number of nitrogens with one attached hydrogen (secondary N) is 1. The molecule has 0 aliphatic heterocycles. The van der Waals surface area contributed by atoms with Crippen molar-refractivity contribution in [2.75, 3.05) is 13.2 Å². The van der Waals surface area contributed by atoms with Crippen molar-refractivity contribution in [3.05, 3.63) is 11.9 Å². The first-order chi connectivity index (χ1) is 8.04. The van der Waals surface area contributed by atoms with Crippen molar-refractivity contribution in [1.82, 2.24) is 20.3 Å². The maximum atomic E-state index is 10.6. The van der Waals surface area contributed by atoms with Crippen molar-refractivity contribution in [2.45, 2.75) is 26.4 Å². The third-order valence-electron chi connectivity index (χ3n) is 2.71. The van der Waals surface area contributed by atoms with Gasteiger partial charge in [-0.3, -0.25) is 4.68 Å². The van der Waals surface area contributed by atoms with Crippen molar-refractivity contribution in [1.29, 1.82) is 0 Å². The molecule has 0 saturated heterocycles. The van der Waals surface area contributed by atoms with Crippen LogP contribution in [-0.2, 0) is 6.54 Å². The summed E-state index contributed by atoms with van der Waals surface area (Å²) in [6.07, 6.45) is 1.39. The van der Waals surface area contributed by atoms with E-state index in [4.69, 9.17) is 10.2 Å². The molecule has 2 unspecified atom stereocenters. The molecule has 0 radical (unpaired) electrons. The van der Waals surface area contributed by atoms with E-state index >= 15 is 0 Å². The number of rotatable bonds is 7. The molecule has 0 spiro atoms. The number of carbonyl (C=O) groups is 1. The summed E-state index contributed by atoms with van der Waals surface area (Å²) >= 11 is 0. The lowest BCUT2D eigenvalue weighted by atomic mass is 10.1. The highest BCUT2D eigenvalue weighted by Gasteiger charge is 2.11. The topological polar surface area (TPSA) is 100 Å². The molecule has 17 heavy (non-hydrogen) atoms. The zero-order valence-corrected chi connectivity index (χ0v) is 10.00. The second-order valence-corrected chi connectivity index (χ2v) is 4.07. The summed E-state index contributed by atoms with van der Waals surface area (Å²) in [7, 11) is 0. The minimum absolute atomic E-state index is 0.0539. The van der Waals surface area contributed by atoms with E-state index in [0.29, 0.717) is 13.1 Å². The van der Waals surface area contributed by atoms with Crippen molar-refractivity contribution in [2.24, 2.45) is 5.92 Å². The molecule has 2 atom stereocenters. The number of aliphatic hydroxyl groups excluding tert-OH is 1. The number of hydrogen-bond donors (Lipinski definition) is 3. The molecular weight excluding hydrogens is 224 g/mol. The minimum atomic E-state index is -1.08. The zero-order valence-electron chi connectivity index (χ0n) is 10.00. The number of carboxylic acids is 1. The van der Waals surface area contributed by atoms with Crippen LogP contribution in [0, 0.1) is 5.92 Å². The summed E-state index contributed by atoms with van der Waals surface area (Å²) in [4.78, 5) is 10.6. The highest BCUT2D eigenvalue weighted by molar-refractivity contribution is 5.84. The summed E-state index contributed by atoms with van der Waals surface area (Å²) in [6, 6.07) is 0.197. The van der Waals surface area contributed by atoms with E-state index in [1.54, 1.807) is 0 Å². The van der Waals surface area contributed by atoms with Gasteiger partial charge in [-0.2, -0.15) is 0 Å². The highest BCUT2D eigenvalue weighted by atomic mass is 16.4. The number of hydrogen-bond acceptors (Lipinski definition) is 5. The summed E-state index contributed by atoms with van der Waals surface area (Å²) in [5.74, 6) is -0.896. The molecule has 1 heterocycles. The van der Waals surface area contributed by atoms with Crippen LogP contribution in [0.2, 0.25) is 0 Å². The third-order valence-corrected chi connectivity index (χ3v) is 2.71. The van der Waals surface area contributed by atoms with Crippen molar-refractivity contribution >= 4 is 5.97 Å². The average molecular weight is 242 g/mol. The van der Waals surface area contributed by atoms with Gasteiger partial charge in [-0.1, -0.05) is 12.1 Å². The van der Waals surface area contributed by atoms with Gasteiger partial charge in [0.15, 0.2) is 5.69 Å². The van der Waals surface area contributed by atoms with Gasteiger partial charge in [-0.05, 0) is 12.8 Å². The van der Waals surface area contributed by atoms with E-state index in [-0.39, 0.29) is 24.3 Å². The maximum absolute atomic E-state index is 10.6. The molecule has 0 aromatic carbocycles. The monoisotopic (exact) mass is 242 g/mol. The largest absolute Gasteiger partial charge is 0.476 e. The molecule has 0 amide bonds. The second kappa shape index (κ2) is 6.31. The van der Waals surface area contributed by atoms with Crippen molar-refractivity contribution in [3.8, 4) is 0 Å². The van der Waals surface area contributed by atoms with Gasteiger partial charge in [-0.25, -0.2) is 4.79 Å². The molecule has 0 bridgehead atoms. The number of carboxylic acid groups (broad SMARTS) is 1. The van der Waals surface area contributed by atoms with Crippen molar-refractivity contribution in [3.63, 3.8) is 0 Å². The van der Waals surface area contributed by atoms with E-state index in [1.165, 1.54) is 10.9 Å². The lowest BCUT2D eigenvalue weighted by Crippen LogP contribution is -2.35. The van der Waals surface area contributed by atoms with Gasteiger partial charge in [0.25, 0.3) is 0 Å². The fourth-order valence-corrected chi connectivity index (χ4v) is 1.27. The molecule has 0 aliphatic carbocycles. The van der Waals surface area contributed by atoms with Crippen LogP contribution in [0.1, 0.15) is 24.3 Å². The van der Waals surface area contributed by atoms with Gasteiger partial charge in [0.05, 0.1) is 12.7 Å². The Kier molecular flexibility index (Phi) is 5.05. The van der Waals surface area contributed by atoms with E-state index < -0.39 is 5.97 Å². The van der Waals surface area contributed by atoms with Gasteiger partial charge in [0.2, 0.25) is 0 Å². The van der Waals surface area contributed by atoms with Crippen LogP contribution in [0.4, 0.5) is 0 Å². The van der Waals surface area contributed by atoms with Gasteiger partial charge in [0, 0.05) is 19.2 Å². The number of aliphatic hydroxyl groups is 1. The zero-order chi connectivity index (χ0) is 12.8. The number of aromatic nitrogens is 3. The predicted octanol–water partition coefficient (Wildman–Crippen LogP) is -0.417. The molecule has 0 saturated carbocycles. The molecule has 1 aromatic rings. The van der Waals surface area contributed by atoms with Gasteiger partial charge in [-0.15, -0.1) is 5.10 Å². The Morgan fingerprint density at radius 3 is 2.82 bits per heavy atom. The molecule has 7 nitrogen and oxygen atoms in total. The quantitative estimate of drug-likeness (QED) is 0.600. The molecule has 96 valence electrons. The Hall–Kier alpha value is -1.47. The van der Waals surface area contributed by atoms with Crippen LogP contribution in [0.5, 0.6) is 0 Å². The Morgan fingerprint density at radius 1 is 1.59 bits per heavy atom. The summed E-state index contributed by atoms with van der Waals surface area (Å²) in [5.41, 5.74) is -0.0539. The Balaban J connectivity index is 2.33. The van der Waals surface area contributed by atoms with E-state index in [9.17, 15) is 4.79 Å². The van der Waals surface area contributed by atoms with Crippen LogP contribution in [0.3, 0.4) is 0 Å². The molecular formula is C10H18N4O3. The summed E-state index contributed by atoms with van der Waals surface area (Å²) in [5, 5.41) is 28.0. The normalized spacial score (nSPS) is 14.5. The van der Waals surface area contributed by atoms with Gasteiger partial charge < -0.3 is 15.5 Å².